The molecule has 0 aliphatic carbocycles. The van der Waals surface area contributed by atoms with Gasteiger partial charge in [-0.3, -0.25) is 10.1 Å². The molecule has 0 spiro atoms. The number of halogens is 3. The van der Waals surface area contributed by atoms with E-state index in [0.29, 0.717) is 22.3 Å². The monoisotopic (exact) mass is 514 g/mol. The van der Waals surface area contributed by atoms with Gasteiger partial charge in [-0.2, -0.15) is 13.2 Å². The average Bonchev–Trinajstić information content (AvgIpc) is 3.32. The molecule has 0 radical (unpaired) electrons. The van der Waals surface area contributed by atoms with Gasteiger partial charge in [0, 0.05) is 22.3 Å². The average molecular weight is 515 g/mol. The van der Waals surface area contributed by atoms with Gasteiger partial charge >= 0.3 is 6.18 Å². The van der Waals surface area contributed by atoms with E-state index in [-0.39, 0.29) is 28.8 Å². The van der Waals surface area contributed by atoms with Gasteiger partial charge in [0.15, 0.2) is 0 Å². The van der Waals surface area contributed by atoms with Crippen molar-refractivity contribution in [1.82, 2.24) is 4.98 Å². The minimum Gasteiger partial charge on any atom is -0.507 e. The molecule has 0 unspecified atom stereocenters. The Hall–Kier alpha value is -4.85. The second kappa shape index (κ2) is 9.89. The third-order valence-electron chi connectivity index (χ3n) is 5.98. The number of carbonyl (C=O) groups is 1. The molecule has 38 heavy (non-hydrogen) atoms. The molecule has 8 heteroatoms. The highest BCUT2D eigenvalue weighted by atomic mass is 19.4. The van der Waals surface area contributed by atoms with Crippen molar-refractivity contribution >= 4 is 11.8 Å². The van der Waals surface area contributed by atoms with Gasteiger partial charge in [0.05, 0.1) is 5.56 Å². The van der Waals surface area contributed by atoms with Crippen LogP contribution in [0.4, 0.5) is 19.1 Å². The molecule has 5 nitrogen and oxygen atoms in total. The summed E-state index contributed by atoms with van der Waals surface area (Å²) in [7, 11) is 0. The largest absolute Gasteiger partial charge is 0.507 e. The number of nitrogens with zero attached hydrogens (tertiary/aromatic N) is 1. The number of alkyl halides is 3. The summed E-state index contributed by atoms with van der Waals surface area (Å²) >= 11 is 0. The molecule has 1 aromatic heterocycles. The summed E-state index contributed by atoms with van der Waals surface area (Å²) in [6.07, 6.45) is -4.49. The first kappa shape index (κ1) is 24.8. The number of phenolic OH excluding ortho intramolecular Hbond substituents is 1. The van der Waals surface area contributed by atoms with Gasteiger partial charge in [-0.1, -0.05) is 60.7 Å². The third kappa shape index (κ3) is 5.01. The zero-order valence-electron chi connectivity index (χ0n) is 20.1. The van der Waals surface area contributed by atoms with Crippen molar-refractivity contribution in [2.75, 3.05) is 5.32 Å². The van der Waals surface area contributed by atoms with Crippen LogP contribution in [0.25, 0.3) is 33.8 Å². The predicted molar refractivity (Wildman–Crippen MR) is 139 cm³/mol. The second-order valence-corrected chi connectivity index (χ2v) is 8.66. The summed E-state index contributed by atoms with van der Waals surface area (Å²) in [4.78, 5) is 18.0. The summed E-state index contributed by atoms with van der Waals surface area (Å²) in [5, 5.41) is 13.2. The Morgan fingerprint density at radius 2 is 1.53 bits per heavy atom. The lowest BCUT2D eigenvalue weighted by atomic mass is 9.97. The molecule has 1 heterocycles. The number of aromatic hydroxyl groups is 1. The molecule has 0 aliphatic heterocycles. The van der Waals surface area contributed by atoms with Crippen LogP contribution in [0.5, 0.6) is 5.75 Å². The first-order chi connectivity index (χ1) is 18.2. The van der Waals surface area contributed by atoms with Crippen molar-refractivity contribution in [2.24, 2.45) is 0 Å². The van der Waals surface area contributed by atoms with Crippen molar-refractivity contribution in [1.29, 1.82) is 0 Å². The molecule has 5 aromatic rings. The molecule has 1 amide bonds. The molecular formula is C30H21F3N2O3. The van der Waals surface area contributed by atoms with E-state index in [9.17, 15) is 23.1 Å². The fourth-order valence-corrected chi connectivity index (χ4v) is 4.08. The van der Waals surface area contributed by atoms with E-state index < -0.39 is 17.6 Å². The SMILES string of the molecule is Cc1ccc(-c2ccccc2C(=O)Nc2oc(-c3ccccc3)nc2-c2ccc(C(F)(F)F)cc2)c(O)c1. The Kier molecular flexibility index (Phi) is 6.46. The van der Waals surface area contributed by atoms with Crippen molar-refractivity contribution in [3.63, 3.8) is 0 Å². The summed E-state index contributed by atoms with van der Waals surface area (Å²) in [5.74, 6) is -0.331. The van der Waals surface area contributed by atoms with Crippen molar-refractivity contribution in [3.8, 4) is 39.6 Å². The van der Waals surface area contributed by atoms with Crippen LogP contribution in [0.1, 0.15) is 21.5 Å². The Morgan fingerprint density at radius 1 is 0.842 bits per heavy atom. The van der Waals surface area contributed by atoms with Crippen LogP contribution in [-0.4, -0.2) is 16.0 Å². The van der Waals surface area contributed by atoms with Gasteiger partial charge in [-0.05, 0) is 54.4 Å². The van der Waals surface area contributed by atoms with E-state index in [1.165, 1.54) is 12.1 Å². The number of amides is 1. The predicted octanol–water partition coefficient (Wildman–Crippen LogP) is 7.96. The van der Waals surface area contributed by atoms with Gasteiger partial charge in [0.1, 0.15) is 11.4 Å². The van der Waals surface area contributed by atoms with Gasteiger partial charge in [-0.15, -0.1) is 0 Å². The Balaban J connectivity index is 1.55. The highest BCUT2D eigenvalue weighted by Gasteiger charge is 2.30. The molecule has 0 saturated carbocycles. The smallest absolute Gasteiger partial charge is 0.416 e. The molecule has 2 N–H and O–H groups in total. The highest BCUT2D eigenvalue weighted by molar-refractivity contribution is 6.09. The Bertz CT molecular complexity index is 1610. The minimum atomic E-state index is -4.49. The quantitative estimate of drug-likeness (QED) is 0.250. The zero-order valence-corrected chi connectivity index (χ0v) is 20.1. The number of rotatable bonds is 5. The molecule has 0 bridgehead atoms. The fourth-order valence-electron chi connectivity index (χ4n) is 4.08. The number of benzene rings is 4. The lowest BCUT2D eigenvalue weighted by molar-refractivity contribution is -0.137. The summed E-state index contributed by atoms with van der Waals surface area (Å²) in [5.41, 5.74) is 2.46. The minimum absolute atomic E-state index is 0.0171. The number of hydrogen-bond donors (Lipinski definition) is 2. The molecule has 190 valence electrons. The number of phenols is 1. The first-order valence-corrected chi connectivity index (χ1v) is 11.6. The normalized spacial score (nSPS) is 11.4. The Labute approximate surface area is 216 Å². The van der Waals surface area contributed by atoms with E-state index >= 15 is 0 Å². The number of nitrogens with one attached hydrogen (secondary N) is 1. The summed E-state index contributed by atoms with van der Waals surface area (Å²) in [6, 6.07) is 25.3. The molecule has 0 saturated heterocycles. The van der Waals surface area contributed by atoms with Crippen molar-refractivity contribution < 1.29 is 27.5 Å². The number of anilines is 1. The van der Waals surface area contributed by atoms with Gasteiger partial charge in [0.25, 0.3) is 5.91 Å². The van der Waals surface area contributed by atoms with Gasteiger partial charge in [-0.25, -0.2) is 4.98 Å². The van der Waals surface area contributed by atoms with Gasteiger partial charge < -0.3 is 9.52 Å². The summed E-state index contributed by atoms with van der Waals surface area (Å²) < 4.78 is 45.2. The van der Waals surface area contributed by atoms with Gasteiger partial charge in [0.2, 0.25) is 11.8 Å². The zero-order chi connectivity index (χ0) is 26.9. The molecule has 0 atom stereocenters. The van der Waals surface area contributed by atoms with E-state index in [1.807, 2.05) is 19.1 Å². The topological polar surface area (TPSA) is 75.4 Å². The van der Waals surface area contributed by atoms with Crippen LogP contribution >= 0.6 is 0 Å². The molecule has 0 aliphatic rings. The van der Waals surface area contributed by atoms with Crippen LogP contribution < -0.4 is 5.32 Å². The highest BCUT2D eigenvalue weighted by Crippen LogP contribution is 2.37. The maximum atomic E-state index is 13.5. The molecular weight excluding hydrogens is 493 g/mol. The summed E-state index contributed by atoms with van der Waals surface area (Å²) in [6.45, 7) is 1.85. The van der Waals surface area contributed by atoms with Crippen molar-refractivity contribution in [2.45, 2.75) is 13.1 Å². The van der Waals surface area contributed by atoms with Crippen LogP contribution in [0.2, 0.25) is 0 Å². The number of oxazole rings is 1. The Morgan fingerprint density at radius 3 is 2.21 bits per heavy atom. The molecule has 4 aromatic carbocycles. The maximum Gasteiger partial charge on any atom is 0.416 e. The van der Waals surface area contributed by atoms with Crippen molar-refractivity contribution in [3.05, 3.63) is 114 Å². The lowest BCUT2D eigenvalue weighted by Gasteiger charge is -2.12. The number of aromatic nitrogens is 1. The number of carbonyl (C=O) groups excluding carboxylic acids is 1. The van der Waals surface area contributed by atoms with Crippen LogP contribution in [0.3, 0.4) is 0 Å². The standard InChI is InChI=1S/C30H21F3N2O3/c1-18-11-16-23(25(36)17-18)22-9-5-6-10-24(22)27(37)35-29-26(19-12-14-21(15-13-19)30(31,32)33)34-28(38-29)20-7-3-2-4-8-20/h2-17,36H,1H3,(H,35,37). The number of aryl methyl sites for hydroxylation is 1. The lowest BCUT2D eigenvalue weighted by Crippen LogP contribution is -2.13. The van der Waals surface area contributed by atoms with E-state index in [4.69, 9.17) is 4.42 Å². The van der Waals surface area contributed by atoms with E-state index in [1.54, 1.807) is 60.7 Å². The third-order valence-corrected chi connectivity index (χ3v) is 5.98. The second-order valence-electron chi connectivity index (χ2n) is 8.66. The van der Waals surface area contributed by atoms with Crippen LogP contribution in [-0.2, 0) is 6.18 Å². The van der Waals surface area contributed by atoms with E-state index in [2.05, 4.69) is 10.3 Å². The van der Waals surface area contributed by atoms with Crippen LogP contribution in [0, 0.1) is 6.92 Å². The molecule has 0 fully saturated rings. The number of hydrogen-bond acceptors (Lipinski definition) is 4. The molecule has 5 rings (SSSR count). The fraction of sp³-hybridized carbons (Fsp3) is 0.0667. The van der Waals surface area contributed by atoms with Crippen LogP contribution in [0.15, 0.2) is 101 Å². The van der Waals surface area contributed by atoms with E-state index in [0.717, 1.165) is 17.7 Å². The maximum absolute atomic E-state index is 13.5. The first-order valence-electron chi connectivity index (χ1n) is 11.6.